The monoisotopic (exact) mass is 564 g/mol. The minimum atomic E-state index is -0.255. The van der Waals surface area contributed by atoms with E-state index >= 15 is 0 Å². The average Bonchev–Trinajstić information content (AvgIpc) is 3.06. The minimum absolute atomic E-state index is 0.0696. The van der Waals surface area contributed by atoms with E-state index in [1.54, 1.807) is 31.6 Å². The second-order valence-corrected chi connectivity index (χ2v) is 11.1. The Balaban J connectivity index is 1.32. The second kappa shape index (κ2) is 12.7. The predicted octanol–water partition coefficient (Wildman–Crippen LogP) is 5.94. The topological polar surface area (TPSA) is 109 Å². The number of piperidine rings is 1. The van der Waals surface area contributed by atoms with E-state index in [0.717, 1.165) is 62.7 Å². The molecule has 1 saturated heterocycles. The van der Waals surface area contributed by atoms with Gasteiger partial charge in [-0.1, -0.05) is 30.3 Å². The van der Waals surface area contributed by atoms with Crippen molar-refractivity contribution in [2.24, 2.45) is 0 Å². The Morgan fingerprint density at radius 2 is 1.60 bits per heavy atom. The molecule has 6 rings (SSSR count). The highest BCUT2D eigenvalue weighted by Gasteiger charge is 2.23. The van der Waals surface area contributed by atoms with Crippen molar-refractivity contribution in [1.29, 1.82) is 0 Å². The smallest absolute Gasteiger partial charge is 0.256 e. The Bertz CT molecular complexity index is 1550. The number of carbonyl (C=O) groups excluding carboxylic acids is 2. The molecule has 1 aliphatic heterocycles. The van der Waals surface area contributed by atoms with Gasteiger partial charge < -0.3 is 20.3 Å². The molecule has 3 heterocycles. The first kappa shape index (κ1) is 27.8. The first-order chi connectivity index (χ1) is 20.6. The number of aromatic nitrogens is 3. The number of fused-ring (bicyclic) bond motifs is 1. The number of amides is 2. The summed E-state index contributed by atoms with van der Waals surface area (Å²) in [4.78, 5) is 42.1. The van der Waals surface area contributed by atoms with Crippen LogP contribution in [0, 0.1) is 0 Å². The normalized spacial score (nSPS) is 18.9. The van der Waals surface area contributed by atoms with E-state index in [4.69, 9.17) is 9.72 Å². The summed E-state index contributed by atoms with van der Waals surface area (Å²) in [5.74, 6) is 0.745. The van der Waals surface area contributed by atoms with Gasteiger partial charge in [-0.3, -0.25) is 9.59 Å². The fraction of sp³-hybridized carbons (Fsp3) is 0.364. The molecular weight excluding hydrogens is 528 g/mol. The Morgan fingerprint density at radius 3 is 2.31 bits per heavy atom. The van der Waals surface area contributed by atoms with Crippen molar-refractivity contribution in [3.63, 3.8) is 0 Å². The molecule has 2 aliphatic rings. The van der Waals surface area contributed by atoms with Crippen LogP contribution in [0.3, 0.4) is 0 Å². The van der Waals surface area contributed by atoms with E-state index in [0.29, 0.717) is 39.9 Å². The van der Waals surface area contributed by atoms with Gasteiger partial charge in [0.2, 0.25) is 5.95 Å². The number of nitrogens with zero attached hydrogens (tertiary/aromatic N) is 4. The number of hydrogen-bond acceptors (Lipinski definition) is 7. The zero-order valence-corrected chi connectivity index (χ0v) is 23.9. The summed E-state index contributed by atoms with van der Waals surface area (Å²) in [6, 6.07) is 16.9. The predicted molar refractivity (Wildman–Crippen MR) is 164 cm³/mol. The molecule has 4 aromatic rings. The van der Waals surface area contributed by atoms with Crippen molar-refractivity contribution in [2.75, 3.05) is 30.8 Å². The van der Waals surface area contributed by atoms with Crippen molar-refractivity contribution in [2.45, 2.75) is 57.1 Å². The van der Waals surface area contributed by atoms with Crippen LogP contribution in [0.5, 0.6) is 0 Å². The Morgan fingerprint density at radius 1 is 0.857 bits per heavy atom. The van der Waals surface area contributed by atoms with E-state index in [1.165, 1.54) is 6.42 Å². The average molecular weight is 565 g/mol. The molecule has 2 aromatic carbocycles. The van der Waals surface area contributed by atoms with Gasteiger partial charge in [-0.05, 0) is 74.8 Å². The quantitative estimate of drug-likeness (QED) is 0.286. The fourth-order valence-corrected chi connectivity index (χ4v) is 5.87. The zero-order chi connectivity index (χ0) is 28.9. The van der Waals surface area contributed by atoms with E-state index in [2.05, 4.69) is 20.6 Å². The maximum Gasteiger partial charge on any atom is 0.256 e. The van der Waals surface area contributed by atoms with Gasteiger partial charge in [0.25, 0.3) is 11.8 Å². The summed E-state index contributed by atoms with van der Waals surface area (Å²) < 4.78 is 5.52. The molecule has 9 heteroatoms. The lowest BCUT2D eigenvalue weighted by molar-refractivity contribution is 0.0681. The molecule has 2 fully saturated rings. The highest BCUT2D eigenvalue weighted by Crippen LogP contribution is 2.32. The summed E-state index contributed by atoms with van der Waals surface area (Å²) in [5.41, 5.74) is 3.57. The first-order valence-electron chi connectivity index (χ1n) is 14.8. The third-order valence-electron chi connectivity index (χ3n) is 8.32. The first-order valence-corrected chi connectivity index (χ1v) is 14.8. The van der Waals surface area contributed by atoms with Crippen LogP contribution in [0.1, 0.15) is 65.7 Å². The van der Waals surface area contributed by atoms with E-state index in [9.17, 15) is 9.59 Å². The summed E-state index contributed by atoms with van der Waals surface area (Å²) >= 11 is 0. The molecule has 9 nitrogen and oxygen atoms in total. The second-order valence-electron chi connectivity index (χ2n) is 11.1. The largest absolute Gasteiger partial charge is 0.381 e. The number of benzene rings is 2. The van der Waals surface area contributed by atoms with Crippen molar-refractivity contribution >= 4 is 34.5 Å². The van der Waals surface area contributed by atoms with Gasteiger partial charge in [0.15, 0.2) is 0 Å². The number of pyridine rings is 1. The van der Waals surface area contributed by atoms with Crippen LogP contribution >= 0.6 is 0 Å². The highest BCUT2D eigenvalue weighted by atomic mass is 16.5. The van der Waals surface area contributed by atoms with Crippen LogP contribution in [-0.4, -0.2) is 64.0 Å². The van der Waals surface area contributed by atoms with Crippen LogP contribution in [0.15, 0.2) is 67.0 Å². The van der Waals surface area contributed by atoms with Gasteiger partial charge in [0, 0.05) is 55.3 Å². The highest BCUT2D eigenvalue weighted by molar-refractivity contribution is 6.09. The van der Waals surface area contributed by atoms with Crippen LogP contribution in [-0.2, 0) is 4.74 Å². The van der Waals surface area contributed by atoms with Crippen molar-refractivity contribution in [3.05, 3.63) is 78.1 Å². The lowest BCUT2D eigenvalue weighted by Crippen LogP contribution is -2.35. The molecule has 2 amide bonds. The van der Waals surface area contributed by atoms with Gasteiger partial charge in [-0.2, -0.15) is 0 Å². The summed E-state index contributed by atoms with van der Waals surface area (Å²) in [6.45, 7) is 1.62. The molecule has 0 spiro atoms. The molecule has 42 heavy (non-hydrogen) atoms. The van der Waals surface area contributed by atoms with E-state index in [1.807, 2.05) is 47.4 Å². The van der Waals surface area contributed by atoms with Crippen LogP contribution in [0.4, 0.5) is 11.8 Å². The number of rotatable bonds is 7. The molecule has 0 atom stereocenters. The molecular formula is C33H36N6O3. The van der Waals surface area contributed by atoms with Crippen molar-refractivity contribution in [3.8, 4) is 11.1 Å². The molecule has 1 saturated carbocycles. The third-order valence-corrected chi connectivity index (χ3v) is 8.32. The number of hydrogen-bond donors (Lipinski definition) is 2. The molecule has 0 bridgehead atoms. The van der Waals surface area contributed by atoms with Crippen LogP contribution < -0.4 is 10.6 Å². The van der Waals surface area contributed by atoms with Crippen LogP contribution in [0.25, 0.3) is 22.0 Å². The van der Waals surface area contributed by atoms with Gasteiger partial charge in [-0.15, -0.1) is 0 Å². The van der Waals surface area contributed by atoms with Crippen LogP contribution in [0.2, 0.25) is 0 Å². The molecule has 2 aromatic heterocycles. The lowest BCUT2D eigenvalue weighted by atomic mass is 9.93. The lowest BCUT2D eigenvalue weighted by Gasteiger charge is -2.28. The fourth-order valence-electron chi connectivity index (χ4n) is 5.87. The standard InChI is InChI=1S/C33H36N6O3/c1-42-26-16-14-25(15-17-26)36-33-35-21-28-29(37-33)27(20-34-30(28)38-31(40)23-8-4-2-5-9-23)22-10-12-24(13-11-22)32(41)39-18-6-3-7-19-39/h2,4-5,8-13,20-21,25-26H,3,6-7,14-19H2,1H3,(H,34,38,40)(H,35,36,37)/t25-,26-. The van der Waals surface area contributed by atoms with E-state index in [-0.39, 0.29) is 17.9 Å². The van der Waals surface area contributed by atoms with E-state index < -0.39 is 0 Å². The molecule has 0 unspecified atom stereocenters. The minimum Gasteiger partial charge on any atom is -0.381 e. The number of anilines is 2. The summed E-state index contributed by atoms with van der Waals surface area (Å²) in [6.07, 6.45) is 11.0. The van der Waals surface area contributed by atoms with Crippen molar-refractivity contribution in [1.82, 2.24) is 19.9 Å². The van der Waals surface area contributed by atoms with Gasteiger partial charge >= 0.3 is 0 Å². The number of carbonyl (C=O) groups is 2. The van der Waals surface area contributed by atoms with Crippen molar-refractivity contribution < 1.29 is 14.3 Å². The SMILES string of the molecule is CO[C@H]1CC[C@H](Nc2ncc3c(NC(=O)c4ccccc4)ncc(-c4ccc(C(=O)N5CCCCC5)cc4)c3n2)CC1. The Labute approximate surface area is 245 Å². The van der Waals surface area contributed by atoms with Gasteiger partial charge in [-0.25, -0.2) is 15.0 Å². The zero-order valence-electron chi connectivity index (χ0n) is 23.9. The maximum atomic E-state index is 13.0. The summed E-state index contributed by atoms with van der Waals surface area (Å²) in [7, 11) is 1.77. The molecule has 1 aliphatic carbocycles. The Kier molecular flexibility index (Phi) is 8.37. The Hall–Kier alpha value is -4.37. The maximum absolute atomic E-state index is 13.0. The summed E-state index contributed by atoms with van der Waals surface area (Å²) in [5, 5.41) is 7.08. The number of ether oxygens (including phenoxy) is 1. The molecule has 216 valence electrons. The molecule has 0 radical (unpaired) electrons. The number of nitrogens with one attached hydrogen (secondary N) is 2. The molecule has 2 N–H and O–H groups in total. The number of methoxy groups -OCH3 is 1. The van der Waals surface area contributed by atoms with Gasteiger partial charge in [0.05, 0.1) is 17.0 Å². The third kappa shape index (κ3) is 6.11. The van der Waals surface area contributed by atoms with Gasteiger partial charge in [0.1, 0.15) is 5.82 Å². The number of likely N-dealkylation sites (tertiary alicyclic amines) is 1.